The molecule has 1 aliphatic carbocycles. The molecule has 5 rings (SSSR count). The highest BCUT2D eigenvalue weighted by molar-refractivity contribution is 6.31. The average Bonchev–Trinajstić information content (AvgIpc) is 3.36. The monoisotopic (exact) mass is 389 g/mol. The number of benzene rings is 2. The molecule has 0 saturated heterocycles. The second-order valence-electron chi connectivity index (χ2n) is 6.62. The molecule has 0 unspecified atom stereocenters. The van der Waals surface area contributed by atoms with Crippen molar-refractivity contribution < 1.29 is 28.6 Å². The van der Waals surface area contributed by atoms with E-state index in [-0.39, 0.29) is 41.9 Å². The fourth-order valence-corrected chi connectivity index (χ4v) is 3.74. The van der Waals surface area contributed by atoms with Crippen molar-refractivity contribution in [1.29, 1.82) is 0 Å². The number of carbonyl (C=O) groups excluding carboxylic acids is 3. The quantitative estimate of drug-likeness (QED) is 0.540. The molecule has 144 valence electrons. The first-order valence-electron chi connectivity index (χ1n) is 9.11. The highest BCUT2D eigenvalue weighted by Crippen LogP contribution is 2.41. The number of rotatable bonds is 3. The number of hydrogen-bond acceptors (Lipinski definition) is 6. The Kier molecular flexibility index (Phi) is 3.77. The lowest BCUT2D eigenvalue weighted by molar-refractivity contribution is 0.0521. The summed E-state index contributed by atoms with van der Waals surface area (Å²) in [6.45, 7) is 1.94. The van der Waals surface area contributed by atoms with E-state index in [9.17, 15) is 14.4 Å². The number of fused-ring (bicyclic) bond motifs is 3. The van der Waals surface area contributed by atoms with Gasteiger partial charge in [0.15, 0.2) is 17.3 Å². The first-order valence-corrected chi connectivity index (χ1v) is 9.11. The maximum absolute atomic E-state index is 13.3. The summed E-state index contributed by atoms with van der Waals surface area (Å²) >= 11 is 0. The zero-order valence-electron chi connectivity index (χ0n) is 15.4. The molecule has 0 saturated carbocycles. The molecular weight excluding hydrogens is 374 g/mol. The topological polar surface area (TPSA) is 94.7 Å². The van der Waals surface area contributed by atoms with Gasteiger partial charge in [0.1, 0.15) is 5.69 Å². The first kappa shape index (κ1) is 17.2. The van der Waals surface area contributed by atoms with Crippen molar-refractivity contribution in [3.8, 4) is 22.6 Å². The number of esters is 1. The van der Waals surface area contributed by atoms with Gasteiger partial charge in [-0.3, -0.25) is 9.59 Å². The Morgan fingerprint density at radius 3 is 2.48 bits per heavy atom. The van der Waals surface area contributed by atoms with Gasteiger partial charge in [-0.2, -0.15) is 0 Å². The maximum atomic E-state index is 13.3. The Morgan fingerprint density at radius 1 is 1.00 bits per heavy atom. The second-order valence-corrected chi connectivity index (χ2v) is 6.62. The van der Waals surface area contributed by atoms with Crippen LogP contribution in [-0.4, -0.2) is 35.9 Å². The molecule has 0 spiro atoms. The average molecular weight is 389 g/mol. The van der Waals surface area contributed by atoms with Gasteiger partial charge < -0.3 is 19.2 Å². The molecule has 1 N–H and O–H groups in total. The summed E-state index contributed by atoms with van der Waals surface area (Å²) < 4.78 is 15.9. The number of ether oxygens (including phenoxy) is 3. The predicted octanol–water partition coefficient (Wildman–Crippen LogP) is 3.36. The van der Waals surface area contributed by atoms with Gasteiger partial charge in [-0.15, -0.1) is 0 Å². The van der Waals surface area contributed by atoms with Crippen molar-refractivity contribution >= 4 is 17.5 Å². The first-order chi connectivity index (χ1) is 14.1. The Hall–Kier alpha value is -3.87. The number of carbonyl (C=O) groups is 3. The van der Waals surface area contributed by atoms with Crippen molar-refractivity contribution in [2.75, 3.05) is 13.4 Å². The molecule has 1 aliphatic heterocycles. The Labute approximate surface area is 165 Å². The number of ketones is 2. The van der Waals surface area contributed by atoms with Crippen LogP contribution in [0, 0.1) is 0 Å². The summed E-state index contributed by atoms with van der Waals surface area (Å²) in [7, 11) is 0. The van der Waals surface area contributed by atoms with E-state index in [1.807, 2.05) is 0 Å². The van der Waals surface area contributed by atoms with Crippen LogP contribution >= 0.6 is 0 Å². The van der Waals surface area contributed by atoms with Crippen LogP contribution < -0.4 is 9.47 Å². The lowest BCUT2D eigenvalue weighted by atomic mass is 9.84. The van der Waals surface area contributed by atoms with Crippen LogP contribution in [0.4, 0.5) is 0 Å². The minimum absolute atomic E-state index is 0.0604. The van der Waals surface area contributed by atoms with Crippen LogP contribution in [0.15, 0.2) is 42.5 Å². The molecule has 2 heterocycles. The van der Waals surface area contributed by atoms with Gasteiger partial charge in [0.05, 0.1) is 17.9 Å². The molecule has 29 heavy (non-hydrogen) atoms. The summed E-state index contributed by atoms with van der Waals surface area (Å²) in [6.07, 6.45) is 0. The molecule has 0 amide bonds. The van der Waals surface area contributed by atoms with Crippen LogP contribution in [0.1, 0.15) is 49.4 Å². The molecule has 2 aliphatic rings. The third-order valence-electron chi connectivity index (χ3n) is 5.01. The van der Waals surface area contributed by atoms with E-state index in [0.29, 0.717) is 33.8 Å². The van der Waals surface area contributed by atoms with Crippen molar-refractivity contribution in [3.63, 3.8) is 0 Å². The van der Waals surface area contributed by atoms with Crippen LogP contribution in [0.2, 0.25) is 0 Å². The zero-order chi connectivity index (χ0) is 20.1. The molecule has 0 bridgehead atoms. The highest BCUT2D eigenvalue weighted by atomic mass is 16.7. The summed E-state index contributed by atoms with van der Waals surface area (Å²) in [5.74, 6) is -0.229. The Morgan fingerprint density at radius 2 is 1.72 bits per heavy atom. The number of aromatic amines is 1. The van der Waals surface area contributed by atoms with E-state index in [4.69, 9.17) is 14.2 Å². The second kappa shape index (κ2) is 6.34. The maximum Gasteiger partial charge on any atom is 0.355 e. The summed E-state index contributed by atoms with van der Waals surface area (Å²) in [6, 6.07) is 11.7. The standard InChI is InChI=1S/C22H15NO6/c1-2-27-22(26)19-16(11-7-8-14-15(9-11)29-10-28-14)17-18(23-19)21(25)13-6-4-3-5-12(13)20(17)24/h3-9,23H,2,10H2,1H3. The Bertz CT molecular complexity index is 1210. The van der Waals surface area contributed by atoms with Gasteiger partial charge in [0.25, 0.3) is 0 Å². The van der Waals surface area contributed by atoms with E-state index >= 15 is 0 Å². The van der Waals surface area contributed by atoms with E-state index < -0.39 is 5.97 Å². The van der Waals surface area contributed by atoms with Gasteiger partial charge in [0.2, 0.25) is 12.6 Å². The van der Waals surface area contributed by atoms with Gasteiger partial charge in [-0.25, -0.2) is 4.79 Å². The molecule has 0 atom stereocenters. The summed E-state index contributed by atoms with van der Waals surface area (Å²) in [5, 5.41) is 0. The summed E-state index contributed by atoms with van der Waals surface area (Å²) in [5.41, 5.74) is 1.80. The molecule has 7 heteroatoms. The molecule has 7 nitrogen and oxygen atoms in total. The van der Waals surface area contributed by atoms with Crippen molar-refractivity contribution in [2.24, 2.45) is 0 Å². The molecule has 1 aromatic heterocycles. The van der Waals surface area contributed by atoms with Crippen molar-refractivity contribution in [3.05, 3.63) is 70.5 Å². The summed E-state index contributed by atoms with van der Waals surface area (Å²) in [4.78, 5) is 41.8. The fraction of sp³-hybridized carbons (Fsp3) is 0.136. The van der Waals surface area contributed by atoms with Crippen molar-refractivity contribution in [2.45, 2.75) is 6.92 Å². The van der Waals surface area contributed by atoms with Gasteiger partial charge >= 0.3 is 5.97 Å². The van der Waals surface area contributed by atoms with E-state index in [2.05, 4.69) is 4.98 Å². The van der Waals surface area contributed by atoms with Crippen LogP contribution in [0.3, 0.4) is 0 Å². The van der Waals surface area contributed by atoms with E-state index in [1.165, 1.54) is 0 Å². The van der Waals surface area contributed by atoms with Crippen LogP contribution in [-0.2, 0) is 4.74 Å². The fourth-order valence-electron chi connectivity index (χ4n) is 3.74. The third-order valence-corrected chi connectivity index (χ3v) is 5.01. The number of aromatic nitrogens is 1. The smallest absolute Gasteiger partial charge is 0.355 e. The SMILES string of the molecule is CCOC(=O)c1[nH]c2c(c1-c1ccc3c(c1)OCO3)C(=O)c1ccccc1C2=O. The highest BCUT2D eigenvalue weighted by Gasteiger charge is 2.37. The third kappa shape index (κ3) is 2.47. The van der Waals surface area contributed by atoms with Crippen molar-refractivity contribution in [1.82, 2.24) is 4.98 Å². The van der Waals surface area contributed by atoms with Gasteiger partial charge in [-0.1, -0.05) is 30.3 Å². The minimum atomic E-state index is -0.640. The van der Waals surface area contributed by atoms with E-state index in [0.717, 1.165) is 0 Å². The predicted molar refractivity (Wildman–Crippen MR) is 102 cm³/mol. The van der Waals surface area contributed by atoms with E-state index in [1.54, 1.807) is 49.4 Å². The minimum Gasteiger partial charge on any atom is -0.461 e. The number of H-pyrrole nitrogens is 1. The zero-order valence-corrected chi connectivity index (χ0v) is 15.4. The van der Waals surface area contributed by atoms with Crippen LogP contribution in [0.25, 0.3) is 11.1 Å². The van der Waals surface area contributed by atoms with Gasteiger partial charge in [0, 0.05) is 16.7 Å². The Balaban J connectivity index is 1.78. The lowest BCUT2D eigenvalue weighted by Crippen LogP contribution is -2.20. The largest absolute Gasteiger partial charge is 0.461 e. The molecular formula is C22H15NO6. The number of nitrogens with one attached hydrogen (secondary N) is 1. The molecule has 2 aromatic carbocycles. The number of hydrogen-bond donors (Lipinski definition) is 1. The van der Waals surface area contributed by atoms with Gasteiger partial charge in [-0.05, 0) is 24.6 Å². The molecule has 3 aromatic rings. The van der Waals surface area contributed by atoms with Crippen LogP contribution in [0.5, 0.6) is 11.5 Å². The molecule has 0 fully saturated rings. The molecule has 0 radical (unpaired) electrons. The lowest BCUT2D eigenvalue weighted by Gasteiger charge is -2.15. The normalized spacial score (nSPS) is 13.8.